The standard InChI is InChI=1S/C25H26N8O2/c1-14(10-26)25(35)33-7-6-16-8-15(2-3-18(16)13-33)12-32-24(31)22(20(29)11-27)23(30)17-4-5-21(34)19(28)9-17/h2-5,8-10,26,30,34H,1,6-7,12-13,28-29H2,(H2,31,32)/b22-20+,26-10?,30-23?. The number of phenolic OH excluding ortho intramolecular Hbond substituents is 1. The summed E-state index contributed by atoms with van der Waals surface area (Å²) in [6.07, 6.45) is 1.61. The number of rotatable bonds is 7. The van der Waals surface area contributed by atoms with Crippen molar-refractivity contribution in [2.75, 3.05) is 12.3 Å². The molecule has 0 fully saturated rings. The number of nitrogens with one attached hydrogen (secondary N) is 4. The van der Waals surface area contributed by atoms with Gasteiger partial charge in [0.2, 0.25) is 0 Å². The molecule has 0 atom stereocenters. The second-order valence-corrected chi connectivity index (χ2v) is 8.03. The third-order valence-corrected chi connectivity index (χ3v) is 5.69. The van der Waals surface area contributed by atoms with E-state index in [4.69, 9.17) is 27.7 Å². The zero-order valence-electron chi connectivity index (χ0n) is 19.0. The Balaban J connectivity index is 1.73. The van der Waals surface area contributed by atoms with Gasteiger partial charge in [0.25, 0.3) is 5.91 Å². The van der Waals surface area contributed by atoms with Crippen LogP contribution in [0, 0.1) is 27.6 Å². The number of amides is 1. The summed E-state index contributed by atoms with van der Waals surface area (Å²) in [6.45, 7) is 4.81. The molecule has 10 heteroatoms. The Morgan fingerprint density at radius 2 is 2.00 bits per heavy atom. The van der Waals surface area contributed by atoms with Gasteiger partial charge in [0.05, 0.1) is 17.0 Å². The molecule has 2 aromatic rings. The summed E-state index contributed by atoms with van der Waals surface area (Å²) in [5, 5.41) is 46.0. The number of nitrogen functional groups attached to an aromatic ring is 1. The molecule has 0 aromatic heterocycles. The van der Waals surface area contributed by atoms with Crippen LogP contribution >= 0.6 is 0 Å². The number of aromatic hydroxyl groups is 1. The highest BCUT2D eigenvalue weighted by atomic mass is 16.3. The minimum atomic E-state index is -0.291. The van der Waals surface area contributed by atoms with Gasteiger partial charge in [-0.1, -0.05) is 24.8 Å². The normalized spacial score (nSPS) is 13.1. The average molecular weight is 471 g/mol. The van der Waals surface area contributed by atoms with E-state index in [-0.39, 0.29) is 52.3 Å². The molecule has 1 heterocycles. The van der Waals surface area contributed by atoms with E-state index in [2.05, 4.69) is 11.9 Å². The maximum atomic E-state index is 12.3. The van der Waals surface area contributed by atoms with Crippen LogP contribution in [0.2, 0.25) is 0 Å². The first kappa shape index (κ1) is 24.7. The second kappa shape index (κ2) is 10.4. The molecule has 1 aliphatic heterocycles. The van der Waals surface area contributed by atoms with E-state index < -0.39 is 0 Å². The number of fused-ring (bicyclic) bond motifs is 1. The predicted octanol–water partition coefficient (Wildman–Crippen LogP) is 1.94. The van der Waals surface area contributed by atoms with Gasteiger partial charge in [-0.25, -0.2) is 0 Å². The summed E-state index contributed by atoms with van der Waals surface area (Å²) in [5.41, 5.74) is 14.5. The molecule has 3 rings (SSSR count). The van der Waals surface area contributed by atoms with Crippen LogP contribution in [0.25, 0.3) is 0 Å². The van der Waals surface area contributed by atoms with Crippen LogP contribution in [0.5, 0.6) is 5.75 Å². The fraction of sp³-hybridized carbons (Fsp3) is 0.160. The van der Waals surface area contributed by atoms with Crippen molar-refractivity contribution in [3.05, 3.63) is 82.1 Å². The largest absolute Gasteiger partial charge is 0.506 e. The van der Waals surface area contributed by atoms with Crippen LogP contribution in [0.15, 0.2) is 59.8 Å². The number of hydrogen-bond donors (Lipinski definition) is 7. The maximum absolute atomic E-state index is 12.3. The number of nitrogens with zero attached hydrogens (tertiary/aromatic N) is 2. The lowest BCUT2D eigenvalue weighted by atomic mass is 9.96. The monoisotopic (exact) mass is 470 g/mol. The van der Waals surface area contributed by atoms with E-state index in [0.29, 0.717) is 25.1 Å². The van der Waals surface area contributed by atoms with Gasteiger partial charge in [0.15, 0.2) is 0 Å². The average Bonchev–Trinajstić information content (AvgIpc) is 2.87. The summed E-state index contributed by atoms with van der Waals surface area (Å²) in [4.78, 5) is 13.9. The Morgan fingerprint density at radius 3 is 2.66 bits per heavy atom. The molecule has 10 nitrogen and oxygen atoms in total. The SMILES string of the molecule is C=C(C=N)C(=O)N1CCc2cc(CNC(=N)/C(C(=N)c3ccc(O)c(N)c3)=C(/N)C#N)ccc2C1. The van der Waals surface area contributed by atoms with Crippen LogP contribution < -0.4 is 16.8 Å². The zero-order chi connectivity index (χ0) is 25.7. The fourth-order valence-electron chi connectivity index (χ4n) is 3.74. The van der Waals surface area contributed by atoms with E-state index in [1.807, 2.05) is 18.2 Å². The van der Waals surface area contributed by atoms with Gasteiger partial charge in [-0.2, -0.15) is 5.26 Å². The number of anilines is 1. The van der Waals surface area contributed by atoms with Gasteiger partial charge >= 0.3 is 0 Å². The Kier molecular flexibility index (Phi) is 7.31. The number of phenols is 1. The summed E-state index contributed by atoms with van der Waals surface area (Å²) in [5.74, 6) is -0.578. The Morgan fingerprint density at radius 1 is 1.26 bits per heavy atom. The molecule has 0 aliphatic carbocycles. The number of benzene rings is 2. The highest BCUT2D eigenvalue weighted by molar-refractivity contribution is 6.28. The number of nitriles is 1. The molecule has 0 radical (unpaired) electrons. The molecule has 0 bridgehead atoms. The molecule has 0 saturated carbocycles. The van der Waals surface area contributed by atoms with Gasteiger partial charge in [0, 0.05) is 37.0 Å². The topological polar surface area (TPSA) is 200 Å². The molecule has 2 aromatic carbocycles. The Bertz CT molecular complexity index is 1320. The highest BCUT2D eigenvalue weighted by Crippen LogP contribution is 2.23. The van der Waals surface area contributed by atoms with Gasteiger partial charge in [-0.15, -0.1) is 0 Å². The number of amidine groups is 1. The van der Waals surface area contributed by atoms with Crippen LogP contribution in [0.3, 0.4) is 0 Å². The summed E-state index contributed by atoms with van der Waals surface area (Å²) in [7, 11) is 0. The third-order valence-electron chi connectivity index (χ3n) is 5.69. The molecular weight excluding hydrogens is 444 g/mol. The molecule has 0 unspecified atom stereocenters. The minimum absolute atomic E-state index is 0.0677. The van der Waals surface area contributed by atoms with E-state index in [9.17, 15) is 15.2 Å². The van der Waals surface area contributed by atoms with Crippen molar-refractivity contribution in [1.82, 2.24) is 10.2 Å². The Hall–Kier alpha value is -4.91. The van der Waals surface area contributed by atoms with E-state index in [1.54, 1.807) is 11.0 Å². The predicted molar refractivity (Wildman–Crippen MR) is 134 cm³/mol. The molecule has 9 N–H and O–H groups in total. The van der Waals surface area contributed by atoms with Gasteiger partial charge < -0.3 is 32.2 Å². The maximum Gasteiger partial charge on any atom is 0.255 e. The minimum Gasteiger partial charge on any atom is -0.506 e. The highest BCUT2D eigenvalue weighted by Gasteiger charge is 2.22. The molecule has 0 saturated heterocycles. The van der Waals surface area contributed by atoms with Crippen molar-refractivity contribution in [2.24, 2.45) is 5.73 Å². The quantitative estimate of drug-likeness (QED) is 0.0804. The van der Waals surface area contributed by atoms with Crippen molar-refractivity contribution < 1.29 is 9.90 Å². The van der Waals surface area contributed by atoms with Crippen molar-refractivity contribution in [3.63, 3.8) is 0 Å². The van der Waals surface area contributed by atoms with Crippen LogP contribution in [-0.4, -0.2) is 40.2 Å². The number of allylic oxidation sites excluding steroid dienone is 1. The Labute approximate surface area is 202 Å². The van der Waals surface area contributed by atoms with Crippen LogP contribution in [-0.2, 0) is 24.3 Å². The van der Waals surface area contributed by atoms with E-state index >= 15 is 0 Å². The van der Waals surface area contributed by atoms with E-state index in [1.165, 1.54) is 18.2 Å². The van der Waals surface area contributed by atoms with Crippen molar-refractivity contribution >= 4 is 29.4 Å². The molecule has 35 heavy (non-hydrogen) atoms. The van der Waals surface area contributed by atoms with Crippen molar-refractivity contribution in [3.8, 4) is 11.8 Å². The zero-order valence-corrected chi connectivity index (χ0v) is 19.0. The molecule has 178 valence electrons. The first-order valence-corrected chi connectivity index (χ1v) is 10.7. The van der Waals surface area contributed by atoms with Crippen molar-refractivity contribution in [1.29, 1.82) is 21.5 Å². The molecular formula is C25H26N8O2. The molecule has 1 aliphatic rings. The van der Waals surface area contributed by atoms with Gasteiger partial charge in [-0.05, 0) is 41.3 Å². The van der Waals surface area contributed by atoms with Crippen molar-refractivity contribution in [2.45, 2.75) is 19.5 Å². The van der Waals surface area contributed by atoms with Crippen LogP contribution in [0.1, 0.15) is 22.3 Å². The number of carbonyl (C=O) groups is 1. The number of carbonyl (C=O) groups excluding carboxylic acids is 1. The number of nitrogens with two attached hydrogens (primary N) is 2. The molecule has 1 amide bonds. The lowest BCUT2D eigenvalue weighted by Gasteiger charge is -2.29. The van der Waals surface area contributed by atoms with Gasteiger partial charge in [-0.3, -0.25) is 15.6 Å². The summed E-state index contributed by atoms with van der Waals surface area (Å²) in [6, 6.07) is 11.8. The lowest BCUT2D eigenvalue weighted by molar-refractivity contribution is -0.127. The second-order valence-electron chi connectivity index (χ2n) is 8.03. The van der Waals surface area contributed by atoms with Crippen LogP contribution in [0.4, 0.5) is 5.69 Å². The summed E-state index contributed by atoms with van der Waals surface area (Å²) < 4.78 is 0. The number of hydrogen-bond acceptors (Lipinski definition) is 8. The molecule has 0 spiro atoms. The fourth-order valence-corrected chi connectivity index (χ4v) is 3.74. The smallest absolute Gasteiger partial charge is 0.255 e. The third kappa shape index (κ3) is 5.36. The van der Waals surface area contributed by atoms with E-state index in [0.717, 1.165) is 22.9 Å². The van der Waals surface area contributed by atoms with Gasteiger partial charge in [0.1, 0.15) is 23.4 Å². The first-order valence-electron chi connectivity index (χ1n) is 10.7. The lowest BCUT2D eigenvalue weighted by Crippen LogP contribution is -2.37. The summed E-state index contributed by atoms with van der Waals surface area (Å²) >= 11 is 0. The first-order chi connectivity index (χ1) is 16.7.